The van der Waals surface area contributed by atoms with Gasteiger partial charge in [-0.15, -0.1) is 0 Å². The van der Waals surface area contributed by atoms with E-state index in [9.17, 15) is 5.11 Å². The average molecular weight is 274 g/mol. The molecular weight excluding hydrogens is 252 g/mol. The fourth-order valence-electron chi connectivity index (χ4n) is 4.04. The van der Waals surface area contributed by atoms with Crippen molar-refractivity contribution in [2.45, 2.75) is 56.0 Å². The minimum absolute atomic E-state index is 0.0133. The van der Waals surface area contributed by atoms with Crippen LogP contribution in [-0.4, -0.2) is 35.1 Å². The van der Waals surface area contributed by atoms with Gasteiger partial charge in [0.1, 0.15) is 0 Å². The number of rotatable bonds is 3. The van der Waals surface area contributed by atoms with Gasteiger partial charge < -0.3 is 14.6 Å². The summed E-state index contributed by atoms with van der Waals surface area (Å²) in [7, 11) is 0. The fraction of sp³-hybridized carbons (Fsp3) is 0.647. The van der Waals surface area contributed by atoms with Gasteiger partial charge in [0.05, 0.1) is 30.0 Å². The summed E-state index contributed by atoms with van der Waals surface area (Å²) in [5, 5.41) is 10.00. The summed E-state index contributed by atoms with van der Waals surface area (Å²) in [6.45, 7) is 3.05. The summed E-state index contributed by atoms with van der Waals surface area (Å²) in [6, 6.07) is 10.5. The maximum Gasteiger partial charge on any atom is 0.0981 e. The highest BCUT2D eigenvalue weighted by molar-refractivity contribution is 5.22. The van der Waals surface area contributed by atoms with Crippen molar-refractivity contribution in [3.63, 3.8) is 0 Å². The van der Waals surface area contributed by atoms with Gasteiger partial charge in [0, 0.05) is 12.3 Å². The molecule has 0 amide bonds. The van der Waals surface area contributed by atoms with Crippen LogP contribution in [-0.2, 0) is 15.9 Å². The Morgan fingerprint density at radius 3 is 2.75 bits per heavy atom. The summed E-state index contributed by atoms with van der Waals surface area (Å²) < 4.78 is 11.9. The van der Waals surface area contributed by atoms with E-state index < -0.39 is 0 Å². The van der Waals surface area contributed by atoms with E-state index >= 15 is 0 Å². The molecule has 0 bridgehead atoms. The minimum atomic E-state index is -0.187. The molecule has 2 heterocycles. The quantitative estimate of drug-likeness (QED) is 0.860. The number of aliphatic hydroxyl groups is 1. The van der Waals surface area contributed by atoms with Crippen molar-refractivity contribution in [1.29, 1.82) is 0 Å². The SMILES string of the molecule is C[C@]1(C2C[C@H](O)CC[C@]23CO3)O[C@@H]1Cc1ccccc1. The molecule has 2 aliphatic heterocycles. The van der Waals surface area contributed by atoms with Crippen molar-refractivity contribution in [2.75, 3.05) is 6.61 Å². The molecule has 1 saturated carbocycles. The highest BCUT2D eigenvalue weighted by Gasteiger charge is 2.68. The van der Waals surface area contributed by atoms with Crippen LogP contribution >= 0.6 is 0 Å². The molecule has 5 atom stereocenters. The van der Waals surface area contributed by atoms with Crippen molar-refractivity contribution in [3.05, 3.63) is 35.9 Å². The smallest absolute Gasteiger partial charge is 0.0981 e. The maximum absolute atomic E-state index is 10.00. The van der Waals surface area contributed by atoms with Crippen LogP contribution in [0.15, 0.2) is 30.3 Å². The maximum atomic E-state index is 10.00. The molecule has 1 aliphatic carbocycles. The second-order valence-corrected chi connectivity index (χ2v) is 6.81. The standard InChI is InChI=1S/C17H22O3/c1-16(14-10-13(18)7-8-17(14)11-19-17)15(20-16)9-12-5-3-2-4-6-12/h2-6,13-15,18H,7-11H2,1H3/t13-,14?,15-,16-,17+/m1/s1. The van der Waals surface area contributed by atoms with Crippen LogP contribution in [0.1, 0.15) is 31.7 Å². The highest BCUT2D eigenvalue weighted by atomic mass is 16.6. The molecule has 2 saturated heterocycles. The zero-order valence-corrected chi connectivity index (χ0v) is 11.9. The summed E-state index contributed by atoms with van der Waals surface area (Å²) in [6.07, 6.45) is 3.71. The molecule has 1 N–H and O–H groups in total. The van der Waals surface area contributed by atoms with Gasteiger partial charge in [0.2, 0.25) is 0 Å². The first-order valence-electron chi connectivity index (χ1n) is 7.66. The van der Waals surface area contributed by atoms with Crippen molar-refractivity contribution < 1.29 is 14.6 Å². The van der Waals surface area contributed by atoms with Crippen molar-refractivity contribution in [2.24, 2.45) is 5.92 Å². The lowest BCUT2D eigenvalue weighted by Crippen LogP contribution is -2.43. The van der Waals surface area contributed by atoms with E-state index in [0.717, 1.165) is 32.3 Å². The average Bonchev–Trinajstić information content (AvgIpc) is 3.35. The van der Waals surface area contributed by atoms with Crippen molar-refractivity contribution in [1.82, 2.24) is 0 Å². The minimum Gasteiger partial charge on any atom is -0.393 e. The van der Waals surface area contributed by atoms with Crippen LogP contribution in [0.4, 0.5) is 0 Å². The van der Waals surface area contributed by atoms with Gasteiger partial charge in [-0.3, -0.25) is 0 Å². The lowest BCUT2D eigenvalue weighted by Gasteiger charge is -2.35. The molecule has 0 aromatic heterocycles. The predicted molar refractivity (Wildman–Crippen MR) is 75.5 cm³/mol. The summed E-state index contributed by atoms with van der Waals surface area (Å²) >= 11 is 0. The molecule has 3 nitrogen and oxygen atoms in total. The van der Waals surface area contributed by atoms with Gasteiger partial charge in [0.15, 0.2) is 0 Å². The number of hydrogen-bond donors (Lipinski definition) is 1. The van der Waals surface area contributed by atoms with Crippen LogP contribution < -0.4 is 0 Å². The Kier molecular flexibility index (Phi) is 2.75. The van der Waals surface area contributed by atoms with Gasteiger partial charge >= 0.3 is 0 Å². The molecule has 1 unspecified atom stereocenters. The molecule has 3 fully saturated rings. The Hall–Kier alpha value is -0.900. The number of ether oxygens (including phenoxy) is 2. The molecule has 3 heteroatoms. The Labute approximate surface area is 119 Å². The molecule has 1 aromatic rings. The van der Waals surface area contributed by atoms with E-state index in [0.29, 0.717) is 5.92 Å². The van der Waals surface area contributed by atoms with Crippen molar-refractivity contribution in [3.8, 4) is 0 Å². The third kappa shape index (κ3) is 2.00. The van der Waals surface area contributed by atoms with Gasteiger partial charge in [-0.1, -0.05) is 30.3 Å². The lowest BCUT2D eigenvalue weighted by molar-refractivity contribution is 0.0145. The van der Waals surface area contributed by atoms with E-state index in [2.05, 4.69) is 31.2 Å². The number of aliphatic hydroxyl groups excluding tert-OH is 1. The van der Waals surface area contributed by atoms with Gasteiger partial charge in [0.25, 0.3) is 0 Å². The monoisotopic (exact) mass is 274 g/mol. The van der Waals surface area contributed by atoms with Crippen LogP contribution in [0, 0.1) is 5.92 Å². The number of epoxide rings is 2. The molecule has 4 rings (SSSR count). The summed E-state index contributed by atoms with van der Waals surface area (Å²) in [5.41, 5.74) is 1.22. The van der Waals surface area contributed by atoms with Gasteiger partial charge in [-0.2, -0.15) is 0 Å². The zero-order chi connectivity index (χ0) is 13.8. The Morgan fingerprint density at radius 2 is 2.05 bits per heavy atom. The fourth-order valence-corrected chi connectivity index (χ4v) is 4.04. The molecule has 0 radical (unpaired) electrons. The Bertz CT molecular complexity index is 496. The predicted octanol–water partition coefficient (Wildman–Crippen LogP) is 2.32. The molecule has 108 valence electrons. The second kappa shape index (κ2) is 4.30. The van der Waals surface area contributed by atoms with Crippen LogP contribution in [0.3, 0.4) is 0 Å². The second-order valence-electron chi connectivity index (χ2n) is 6.81. The molecule has 1 spiro atoms. The first-order valence-corrected chi connectivity index (χ1v) is 7.66. The Morgan fingerprint density at radius 1 is 1.30 bits per heavy atom. The number of hydrogen-bond acceptors (Lipinski definition) is 3. The van der Waals surface area contributed by atoms with Gasteiger partial charge in [-0.05, 0) is 31.7 Å². The van der Waals surface area contributed by atoms with E-state index in [1.54, 1.807) is 0 Å². The topological polar surface area (TPSA) is 45.3 Å². The van der Waals surface area contributed by atoms with Crippen molar-refractivity contribution >= 4 is 0 Å². The molecule has 1 aromatic carbocycles. The van der Waals surface area contributed by atoms with Crippen LogP contribution in [0.2, 0.25) is 0 Å². The zero-order valence-electron chi connectivity index (χ0n) is 11.9. The highest BCUT2D eigenvalue weighted by Crippen LogP contribution is 2.58. The van der Waals surface area contributed by atoms with Crippen LogP contribution in [0.5, 0.6) is 0 Å². The lowest BCUT2D eigenvalue weighted by atomic mass is 9.70. The van der Waals surface area contributed by atoms with E-state index in [1.807, 2.05) is 6.07 Å². The molecule has 3 aliphatic rings. The normalized spacial score (nSPS) is 46.4. The van der Waals surface area contributed by atoms with E-state index in [4.69, 9.17) is 9.47 Å². The summed E-state index contributed by atoms with van der Waals surface area (Å²) in [5.74, 6) is 0.340. The molecule has 20 heavy (non-hydrogen) atoms. The van der Waals surface area contributed by atoms with Crippen LogP contribution in [0.25, 0.3) is 0 Å². The molecular formula is C17H22O3. The first kappa shape index (κ1) is 12.8. The Balaban J connectivity index is 1.49. The first-order chi connectivity index (χ1) is 9.62. The third-order valence-electron chi connectivity index (χ3n) is 5.49. The van der Waals surface area contributed by atoms with E-state index in [-0.39, 0.29) is 23.4 Å². The summed E-state index contributed by atoms with van der Waals surface area (Å²) in [4.78, 5) is 0. The van der Waals surface area contributed by atoms with Gasteiger partial charge in [-0.25, -0.2) is 0 Å². The third-order valence-corrected chi connectivity index (χ3v) is 5.49. The largest absolute Gasteiger partial charge is 0.393 e. The number of benzene rings is 1. The van der Waals surface area contributed by atoms with E-state index in [1.165, 1.54) is 5.56 Å².